The van der Waals surface area contributed by atoms with Crippen LogP contribution in [0.4, 0.5) is 0 Å². The third-order valence-electron chi connectivity index (χ3n) is 2.64. The highest BCUT2D eigenvalue weighted by molar-refractivity contribution is 6.30. The molecule has 18 heavy (non-hydrogen) atoms. The maximum Gasteiger partial charge on any atom is 0.115 e. The molecule has 2 rings (SSSR count). The number of halogens is 1. The zero-order valence-corrected chi connectivity index (χ0v) is 11.3. The molecule has 0 aliphatic heterocycles. The molecular weight excluding hydrogens is 246 g/mol. The molecular formula is C14H16ClN3. The van der Waals surface area contributed by atoms with E-state index in [9.17, 15) is 0 Å². The lowest BCUT2D eigenvalue weighted by atomic mass is 10.0. The first-order chi connectivity index (χ1) is 8.66. The quantitative estimate of drug-likeness (QED) is 0.918. The molecule has 0 amide bonds. The Balaban J connectivity index is 2.35. The lowest BCUT2D eigenvalue weighted by Crippen LogP contribution is -2.22. The predicted octanol–water partition coefficient (Wildman–Crippen LogP) is 3.30. The molecule has 2 aromatic rings. The third kappa shape index (κ3) is 3.28. The molecule has 1 N–H and O–H groups in total. The number of nitrogens with zero attached hydrogens (tertiary/aromatic N) is 2. The van der Waals surface area contributed by atoms with E-state index in [1.807, 2.05) is 30.6 Å². The van der Waals surface area contributed by atoms with Gasteiger partial charge in [-0.15, -0.1) is 0 Å². The molecule has 1 aromatic carbocycles. The molecule has 4 heteroatoms. The normalized spacial score (nSPS) is 10.9. The first kappa shape index (κ1) is 13.0. The number of benzene rings is 1. The lowest BCUT2D eigenvalue weighted by molar-refractivity contribution is 0.589. The Kier molecular flexibility index (Phi) is 4.28. The van der Waals surface area contributed by atoms with E-state index in [4.69, 9.17) is 11.6 Å². The van der Waals surface area contributed by atoms with Crippen LogP contribution in [0.15, 0.2) is 36.9 Å². The summed E-state index contributed by atoms with van der Waals surface area (Å²) in [4.78, 5) is 8.11. The Morgan fingerprint density at radius 1 is 1.22 bits per heavy atom. The molecule has 0 radical (unpaired) electrons. The Morgan fingerprint density at radius 3 is 2.61 bits per heavy atom. The fourth-order valence-corrected chi connectivity index (χ4v) is 1.94. The highest BCUT2D eigenvalue weighted by Crippen LogP contribution is 2.25. The summed E-state index contributed by atoms with van der Waals surface area (Å²) >= 11 is 6.06. The van der Waals surface area contributed by atoms with Gasteiger partial charge in [-0.1, -0.05) is 31.5 Å². The van der Waals surface area contributed by atoms with Gasteiger partial charge in [0.25, 0.3) is 0 Å². The molecule has 0 saturated carbocycles. The molecule has 0 bridgehead atoms. The van der Waals surface area contributed by atoms with E-state index < -0.39 is 0 Å². The molecule has 0 aliphatic rings. The van der Waals surface area contributed by atoms with Gasteiger partial charge in [0.15, 0.2) is 0 Å². The zero-order valence-electron chi connectivity index (χ0n) is 10.5. The minimum absolute atomic E-state index is 0.434. The average Bonchev–Trinajstić information content (AvgIpc) is 2.37. The van der Waals surface area contributed by atoms with Crippen molar-refractivity contribution >= 4 is 11.6 Å². The molecule has 1 heterocycles. The van der Waals surface area contributed by atoms with Gasteiger partial charge in [0.2, 0.25) is 0 Å². The van der Waals surface area contributed by atoms with Gasteiger partial charge < -0.3 is 5.32 Å². The van der Waals surface area contributed by atoms with Crippen LogP contribution in [0.25, 0.3) is 11.1 Å². The summed E-state index contributed by atoms with van der Waals surface area (Å²) < 4.78 is 0. The third-order valence-corrected chi connectivity index (χ3v) is 2.87. The van der Waals surface area contributed by atoms with Gasteiger partial charge in [-0.2, -0.15) is 0 Å². The van der Waals surface area contributed by atoms with Crippen LogP contribution in [0.3, 0.4) is 0 Å². The first-order valence-electron chi connectivity index (χ1n) is 5.94. The molecule has 3 nitrogen and oxygen atoms in total. The van der Waals surface area contributed by atoms with Crippen molar-refractivity contribution in [3.05, 3.63) is 47.5 Å². The lowest BCUT2D eigenvalue weighted by Gasteiger charge is -2.13. The number of nitrogens with one attached hydrogen (secondary N) is 1. The van der Waals surface area contributed by atoms with E-state index in [0.29, 0.717) is 6.04 Å². The number of hydrogen-bond donors (Lipinski definition) is 1. The van der Waals surface area contributed by atoms with Crippen LogP contribution in [0.5, 0.6) is 0 Å². The van der Waals surface area contributed by atoms with Gasteiger partial charge in [-0.05, 0) is 23.3 Å². The number of aromatic nitrogens is 2. The summed E-state index contributed by atoms with van der Waals surface area (Å²) in [6, 6.07) is 6.32. The largest absolute Gasteiger partial charge is 0.310 e. The fraction of sp³-hybridized carbons (Fsp3) is 0.286. The summed E-state index contributed by atoms with van der Waals surface area (Å²) in [5.41, 5.74) is 3.29. The van der Waals surface area contributed by atoms with E-state index >= 15 is 0 Å². The van der Waals surface area contributed by atoms with Crippen molar-refractivity contribution in [2.24, 2.45) is 0 Å². The summed E-state index contributed by atoms with van der Waals surface area (Å²) in [7, 11) is 0. The van der Waals surface area contributed by atoms with Crippen LogP contribution in [0, 0.1) is 0 Å². The molecule has 94 valence electrons. The second kappa shape index (κ2) is 5.94. The van der Waals surface area contributed by atoms with E-state index in [0.717, 1.165) is 28.3 Å². The average molecular weight is 262 g/mol. The van der Waals surface area contributed by atoms with Crippen molar-refractivity contribution in [2.45, 2.75) is 26.4 Å². The van der Waals surface area contributed by atoms with Crippen molar-refractivity contribution in [3.63, 3.8) is 0 Å². The van der Waals surface area contributed by atoms with Crippen molar-refractivity contribution < 1.29 is 0 Å². The Bertz CT molecular complexity index is 512. The van der Waals surface area contributed by atoms with Crippen molar-refractivity contribution in [1.29, 1.82) is 0 Å². The SMILES string of the molecule is CC(C)NCc1cc(Cl)ccc1-c1cncnc1. The maximum absolute atomic E-state index is 6.06. The molecule has 0 fully saturated rings. The molecule has 1 aromatic heterocycles. The summed E-state index contributed by atoms with van der Waals surface area (Å²) in [6.07, 6.45) is 5.16. The highest BCUT2D eigenvalue weighted by Gasteiger charge is 2.07. The van der Waals surface area contributed by atoms with E-state index in [1.54, 1.807) is 0 Å². The summed E-state index contributed by atoms with van der Waals surface area (Å²) in [5, 5.41) is 4.15. The molecule has 0 aliphatic carbocycles. The van der Waals surface area contributed by atoms with Gasteiger partial charge in [-0.25, -0.2) is 9.97 Å². The molecule has 0 unspecified atom stereocenters. The zero-order chi connectivity index (χ0) is 13.0. The van der Waals surface area contributed by atoms with Gasteiger partial charge in [0, 0.05) is 35.6 Å². The summed E-state index contributed by atoms with van der Waals surface area (Å²) in [6.45, 7) is 5.02. The van der Waals surface area contributed by atoms with E-state index in [-0.39, 0.29) is 0 Å². The van der Waals surface area contributed by atoms with Crippen LogP contribution >= 0.6 is 11.6 Å². The standard InChI is InChI=1S/C14H16ClN3/c1-10(2)18-8-11-5-13(15)3-4-14(11)12-6-16-9-17-7-12/h3-7,9-10,18H,8H2,1-2H3. The molecule has 0 spiro atoms. The smallest absolute Gasteiger partial charge is 0.115 e. The van der Waals surface area contributed by atoms with Gasteiger partial charge in [-0.3, -0.25) is 0 Å². The van der Waals surface area contributed by atoms with Gasteiger partial charge in [0.05, 0.1) is 0 Å². The minimum atomic E-state index is 0.434. The Labute approximate surface area is 112 Å². The van der Waals surface area contributed by atoms with Crippen LogP contribution in [-0.2, 0) is 6.54 Å². The van der Waals surface area contributed by atoms with E-state index in [1.165, 1.54) is 6.33 Å². The van der Waals surface area contributed by atoms with Crippen LogP contribution < -0.4 is 5.32 Å². The topological polar surface area (TPSA) is 37.8 Å². The van der Waals surface area contributed by atoms with Gasteiger partial charge in [0.1, 0.15) is 6.33 Å². The predicted molar refractivity (Wildman–Crippen MR) is 74.5 cm³/mol. The van der Waals surface area contributed by atoms with Gasteiger partial charge >= 0.3 is 0 Å². The number of rotatable bonds is 4. The van der Waals surface area contributed by atoms with Crippen LogP contribution in [0.2, 0.25) is 5.02 Å². The second-order valence-electron chi connectivity index (χ2n) is 4.46. The molecule has 0 atom stereocenters. The van der Waals surface area contributed by atoms with E-state index in [2.05, 4.69) is 29.1 Å². The second-order valence-corrected chi connectivity index (χ2v) is 4.90. The first-order valence-corrected chi connectivity index (χ1v) is 6.32. The molecule has 0 saturated heterocycles. The monoisotopic (exact) mass is 261 g/mol. The van der Waals surface area contributed by atoms with Crippen LogP contribution in [0.1, 0.15) is 19.4 Å². The maximum atomic E-state index is 6.06. The Morgan fingerprint density at radius 2 is 1.94 bits per heavy atom. The highest BCUT2D eigenvalue weighted by atomic mass is 35.5. The fourth-order valence-electron chi connectivity index (χ4n) is 1.74. The van der Waals surface area contributed by atoms with Crippen molar-refractivity contribution in [2.75, 3.05) is 0 Å². The van der Waals surface area contributed by atoms with Crippen molar-refractivity contribution in [3.8, 4) is 11.1 Å². The number of hydrogen-bond acceptors (Lipinski definition) is 3. The van der Waals surface area contributed by atoms with Crippen LogP contribution in [-0.4, -0.2) is 16.0 Å². The summed E-state index contributed by atoms with van der Waals surface area (Å²) in [5.74, 6) is 0. The van der Waals surface area contributed by atoms with Crippen molar-refractivity contribution in [1.82, 2.24) is 15.3 Å². The Hall–Kier alpha value is -1.45. The minimum Gasteiger partial charge on any atom is -0.310 e.